The number of fused-ring (bicyclic) bond motifs is 5. The van der Waals surface area contributed by atoms with Crippen molar-refractivity contribution in [1.29, 1.82) is 0 Å². The van der Waals surface area contributed by atoms with Crippen LogP contribution in [-0.2, 0) is 9.59 Å². The van der Waals surface area contributed by atoms with Gasteiger partial charge in [0.1, 0.15) is 0 Å². The van der Waals surface area contributed by atoms with Gasteiger partial charge >= 0.3 is 0 Å². The second-order valence-electron chi connectivity index (χ2n) is 9.98. The zero-order chi connectivity index (χ0) is 18.7. The third-order valence-corrected chi connectivity index (χ3v) is 8.86. The summed E-state index contributed by atoms with van der Waals surface area (Å²) in [5.74, 6) is 2.91. The Hall–Kier alpha value is -1.18. The zero-order valence-electron chi connectivity index (χ0n) is 16.9. The van der Waals surface area contributed by atoms with E-state index in [0.29, 0.717) is 41.9 Å². The van der Waals surface area contributed by atoms with Crippen molar-refractivity contribution in [2.75, 3.05) is 0 Å². The highest BCUT2D eigenvalue weighted by Gasteiger charge is 2.60. The van der Waals surface area contributed by atoms with Crippen molar-refractivity contribution in [3.8, 4) is 0 Å². The summed E-state index contributed by atoms with van der Waals surface area (Å²) in [5, 5.41) is 0. The van der Waals surface area contributed by atoms with Crippen LogP contribution in [0.15, 0.2) is 23.3 Å². The first kappa shape index (κ1) is 18.2. The number of allylic oxidation sites excluding steroid dienone is 3. The topological polar surface area (TPSA) is 34.1 Å². The van der Waals surface area contributed by atoms with Crippen LogP contribution in [0.25, 0.3) is 0 Å². The normalized spacial score (nSPS) is 45.7. The Labute approximate surface area is 158 Å². The van der Waals surface area contributed by atoms with Crippen LogP contribution in [-0.4, -0.2) is 11.6 Å². The lowest BCUT2D eigenvalue weighted by atomic mass is 9.46. The summed E-state index contributed by atoms with van der Waals surface area (Å²) in [5.41, 5.74) is 2.75. The van der Waals surface area contributed by atoms with E-state index in [-0.39, 0.29) is 17.0 Å². The summed E-state index contributed by atoms with van der Waals surface area (Å²) in [7, 11) is 0. The molecule has 0 saturated heterocycles. The lowest BCUT2D eigenvalue weighted by Crippen LogP contribution is -2.52. The van der Waals surface area contributed by atoms with E-state index < -0.39 is 0 Å². The lowest BCUT2D eigenvalue weighted by molar-refractivity contribution is -0.131. The van der Waals surface area contributed by atoms with Crippen molar-refractivity contribution in [1.82, 2.24) is 0 Å². The van der Waals surface area contributed by atoms with Gasteiger partial charge in [-0.25, -0.2) is 0 Å². The summed E-state index contributed by atoms with van der Waals surface area (Å²) in [6.45, 7) is 9.36. The highest BCUT2D eigenvalue weighted by Crippen LogP contribution is 2.66. The zero-order valence-corrected chi connectivity index (χ0v) is 16.9. The SMILES string of the molecule is CC/C=C(\C)C1CCC2C3CC(=O)C4=CC(=O)CC[C@]4(C)C3CC[C@]12C. The van der Waals surface area contributed by atoms with Gasteiger partial charge in [0.15, 0.2) is 11.6 Å². The van der Waals surface area contributed by atoms with E-state index in [1.165, 1.54) is 25.7 Å². The number of Topliss-reactive ketones (excluding diaryl/α,β-unsaturated/α-hetero) is 1. The highest BCUT2D eigenvalue weighted by molar-refractivity contribution is 6.05. The quantitative estimate of drug-likeness (QED) is 0.599. The molecule has 4 unspecified atom stereocenters. The van der Waals surface area contributed by atoms with E-state index in [2.05, 4.69) is 33.8 Å². The summed E-state index contributed by atoms with van der Waals surface area (Å²) < 4.78 is 0. The van der Waals surface area contributed by atoms with Gasteiger partial charge in [0, 0.05) is 18.4 Å². The van der Waals surface area contributed by atoms with Crippen LogP contribution in [0.1, 0.15) is 79.1 Å². The molecule has 142 valence electrons. The van der Waals surface area contributed by atoms with Crippen LogP contribution >= 0.6 is 0 Å². The van der Waals surface area contributed by atoms with Crippen LogP contribution in [0.3, 0.4) is 0 Å². The summed E-state index contributed by atoms with van der Waals surface area (Å²) in [4.78, 5) is 25.0. The Morgan fingerprint density at radius 2 is 1.92 bits per heavy atom. The molecule has 0 aliphatic heterocycles. The first-order valence-corrected chi connectivity index (χ1v) is 10.8. The number of hydrogen-bond donors (Lipinski definition) is 0. The van der Waals surface area contributed by atoms with Gasteiger partial charge in [-0.05, 0) is 86.0 Å². The van der Waals surface area contributed by atoms with Crippen molar-refractivity contribution in [2.24, 2.45) is 34.5 Å². The molecule has 2 heteroatoms. The molecular weight excluding hydrogens is 320 g/mol. The smallest absolute Gasteiger partial charge is 0.159 e. The minimum atomic E-state index is -0.0539. The van der Waals surface area contributed by atoms with E-state index in [4.69, 9.17) is 0 Å². The van der Waals surface area contributed by atoms with Crippen molar-refractivity contribution in [2.45, 2.75) is 79.1 Å². The molecule has 0 aromatic carbocycles. The van der Waals surface area contributed by atoms with Gasteiger partial charge in [0.2, 0.25) is 0 Å². The minimum Gasteiger partial charge on any atom is -0.295 e. The molecule has 0 spiro atoms. The van der Waals surface area contributed by atoms with Crippen molar-refractivity contribution in [3.63, 3.8) is 0 Å². The predicted octanol–water partition coefficient (Wildman–Crippen LogP) is 5.67. The fourth-order valence-electron chi connectivity index (χ4n) is 7.60. The first-order valence-electron chi connectivity index (χ1n) is 10.8. The van der Waals surface area contributed by atoms with Crippen LogP contribution in [0, 0.1) is 34.5 Å². The molecule has 0 N–H and O–H groups in total. The molecule has 4 rings (SSSR count). The number of rotatable bonds is 2. The maximum Gasteiger partial charge on any atom is 0.159 e. The Kier molecular flexibility index (Phi) is 4.32. The third-order valence-electron chi connectivity index (χ3n) is 8.86. The molecule has 4 aliphatic rings. The van der Waals surface area contributed by atoms with E-state index >= 15 is 0 Å². The van der Waals surface area contributed by atoms with Crippen LogP contribution in [0.2, 0.25) is 0 Å². The molecule has 6 atom stereocenters. The standard InChI is InChI=1S/C24H34O2/c1-5-6-15(2)18-7-8-19-17-14-22(26)21-13-16(25)9-11-24(21,4)20(17)10-12-23(18,19)3/h6,13,17-20H,5,7-12,14H2,1-4H3/b15-6+/t17?,18?,19?,20?,23-,24-/m1/s1. The average Bonchev–Trinajstić information content (AvgIpc) is 2.94. The maximum absolute atomic E-state index is 13.0. The molecule has 4 aliphatic carbocycles. The van der Waals surface area contributed by atoms with Gasteiger partial charge in [0.05, 0.1) is 0 Å². The largest absolute Gasteiger partial charge is 0.295 e. The molecule has 0 amide bonds. The van der Waals surface area contributed by atoms with E-state index in [1.807, 2.05) is 0 Å². The van der Waals surface area contributed by atoms with Gasteiger partial charge in [0.25, 0.3) is 0 Å². The minimum absolute atomic E-state index is 0.0539. The molecule has 3 saturated carbocycles. The molecule has 26 heavy (non-hydrogen) atoms. The Morgan fingerprint density at radius 1 is 1.15 bits per heavy atom. The maximum atomic E-state index is 13.0. The highest BCUT2D eigenvalue weighted by atomic mass is 16.1. The molecule has 0 aromatic heterocycles. The van der Waals surface area contributed by atoms with Crippen molar-refractivity contribution in [3.05, 3.63) is 23.3 Å². The predicted molar refractivity (Wildman–Crippen MR) is 105 cm³/mol. The van der Waals surface area contributed by atoms with Crippen LogP contribution in [0.4, 0.5) is 0 Å². The number of carbonyl (C=O) groups excluding carboxylic acids is 2. The van der Waals surface area contributed by atoms with E-state index in [0.717, 1.165) is 18.4 Å². The second kappa shape index (κ2) is 6.17. The molecule has 0 heterocycles. The van der Waals surface area contributed by atoms with Crippen LogP contribution in [0.5, 0.6) is 0 Å². The van der Waals surface area contributed by atoms with Gasteiger partial charge in [-0.2, -0.15) is 0 Å². The van der Waals surface area contributed by atoms with Gasteiger partial charge < -0.3 is 0 Å². The van der Waals surface area contributed by atoms with Gasteiger partial charge in [-0.15, -0.1) is 0 Å². The molecule has 2 nitrogen and oxygen atoms in total. The van der Waals surface area contributed by atoms with E-state index in [9.17, 15) is 9.59 Å². The number of hydrogen-bond acceptors (Lipinski definition) is 2. The Bertz CT molecular complexity index is 699. The van der Waals surface area contributed by atoms with Gasteiger partial charge in [-0.3, -0.25) is 9.59 Å². The molecule has 0 aromatic rings. The second-order valence-corrected chi connectivity index (χ2v) is 9.98. The monoisotopic (exact) mass is 354 g/mol. The van der Waals surface area contributed by atoms with E-state index in [1.54, 1.807) is 11.6 Å². The Morgan fingerprint density at radius 3 is 2.65 bits per heavy atom. The van der Waals surface area contributed by atoms with Crippen LogP contribution < -0.4 is 0 Å². The summed E-state index contributed by atoms with van der Waals surface area (Å²) in [6, 6.07) is 0. The third kappa shape index (κ3) is 2.43. The van der Waals surface area contributed by atoms with Crippen molar-refractivity contribution >= 4 is 11.6 Å². The number of ketones is 2. The molecule has 3 fully saturated rings. The Balaban J connectivity index is 1.68. The number of carbonyl (C=O) groups is 2. The first-order chi connectivity index (χ1) is 12.3. The molecular formula is C24H34O2. The summed E-state index contributed by atoms with van der Waals surface area (Å²) in [6.07, 6.45) is 12.5. The van der Waals surface area contributed by atoms with Gasteiger partial charge in [-0.1, -0.05) is 32.4 Å². The average molecular weight is 355 g/mol. The lowest BCUT2D eigenvalue weighted by Gasteiger charge is -2.57. The molecule has 0 bridgehead atoms. The fraction of sp³-hybridized carbons (Fsp3) is 0.750. The summed E-state index contributed by atoms with van der Waals surface area (Å²) >= 11 is 0. The van der Waals surface area contributed by atoms with Crippen molar-refractivity contribution < 1.29 is 9.59 Å². The molecule has 0 radical (unpaired) electrons. The fourth-order valence-corrected chi connectivity index (χ4v) is 7.60.